The number of phenolic OH excluding ortho intramolecular Hbond substituents is 1. The Morgan fingerprint density at radius 2 is 1.81 bits per heavy atom. The molecular formula is C16H16N2O3. The van der Waals surface area contributed by atoms with Crippen LogP contribution in [0.1, 0.15) is 18.1 Å². The van der Waals surface area contributed by atoms with Crippen molar-refractivity contribution in [1.82, 2.24) is 0 Å². The van der Waals surface area contributed by atoms with Crippen LogP contribution >= 0.6 is 0 Å². The summed E-state index contributed by atoms with van der Waals surface area (Å²) in [5.41, 5.74) is 2.17. The lowest BCUT2D eigenvalue weighted by molar-refractivity contribution is -0.115. The number of nitrogens with one attached hydrogen (secondary N) is 1. The number of aromatic hydroxyl groups is 1. The normalized spacial score (nSPS) is 11.2. The van der Waals surface area contributed by atoms with Crippen molar-refractivity contribution < 1.29 is 15.1 Å². The molecule has 0 bridgehead atoms. The van der Waals surface area contributed by atoms with Crippen molar-refractivity contribution >= 4 is 17.3 Å². The lowest BCUT2D eigenvalue weighted by Gasteiger charge is -2.10. The van der Waals surface area contributed by atoms with Gasteiger partial charge in [0.25, 0.3) is 0 Å². The van der Waals surface area contributed by atoms with E-state index in [1.807, 2.05) is 0 Å². The molecule has 0 heterocycles. The second-order valence-electron chi connectivity index (χ2n) is 4.58. The van der Waals surface area contributed by atoms with Gasteiger partial charge >= 0.3 is 0 Å². The molecule has 21 heavy (non-hydrogen) atoms. The van der Waals surface area contributed by atoms with E-state index in [0.29, 0.717) is 22.5 Å². The second kappa shape index (κ2) is 6.56. The van der Waals surface area contributed by atoms with Crippen LogP contribution in [0.2, 0.25) is 0 Å². The Morgan fingerprint density at radius 1 is 1.14 bits per heavy atom. The molecule has 108 valence electrons. The number of benzene rings is 2. The zero-order valence-corrected chi connectivity index (χ0v) is 11.6. The van der Waals surface area contributed by atoms with E-state index in [4.69, 9.17) is 5.21 Å². The van der Waals surface area contributed by atoms with E-state index < -0.39 is 0 Å². The summed E-state index contributed by atoms with van der Waals surface area (Å²) in [4.78, 5) is 12.1. The maximum absolute atomic E-state index is 12.1. The lowest BCUT2D eigenvalue weighted by Crippen LogP contribution is -2.16. The molecule has 5 nitrogen and oxygen atoms in total. The summed E-state index contributed by atoms with van der Waals surface area (Å²) in [6.45, 7) is 1.65. The molecule has 3 N–H and O–H groups in total. The number of amides is 1. The molecule has 2 aromatic carbocycles. The average molecular weight is 284 g/mol. The fraction of sp³-hybridized carbons (Fsp3) is 0.125. The van der Waals surface area contributed by atoms with Crippen molar-refractivity contribution in [3.63, 3.8) is 0 Å². The van der Waals surface area contributed by atoms with Crippen molar-refractivity contribution in [2.75, 3.05) is 5.32 Å². The topological polar surface area (TPSA) is 81.9 Å². The van der Waals surface area contributed by atoms with Gasteiger partial charge in [-0.05, 0) is 19.1 Å². The highest BCUT2D eigenvalue weighted by molar-refractivity contribution is 6.06. The molecule has 2 rings (SSSR count). The molecule has 0 saturated carbocycles. The smallest absolute Gasteiger partial charge is 0.228 e. The Labute approximate surface area is 122 Å². The number of hydrogen-bond donors (Lipinski definition) is 3. The van der Waals surface area contributed by atoms with E-state index >= 15 is 0 Å². The third kappa shape index (κ3) is 3.60. The molecule has 0 fully saturated rings. The molecule has 0 atom stereocenters. The SMILES string of the molecule is C/C(=N/O)c1ccccc1NC(=O)Cc1ccccc1O. The van der Waals surface area contributed by atoms with Crippen LogP contribution in [0.5, 0.6) is 5.75 Å². The molecule has 0 spiro atoms. The Kier molecular flexibility index (Phi) is 4.56. The number of oxime groups is 1. The minimum atomic E-state index is -0.255. The average Bonchev–Trinajstić information content (AvgIpc) is 2.49. The molecule has 0 aliphatic heterocycles. The number of carbonyl (C=O) groups excluding carboxylic acids is 1. The van der Waals surface area contributed by atoms with E-state index in [9.17, 15) is 9.90 Å². The predicted molar refractivity (Wildman–Crippen MR) is 80.9 cm³/mol. The number of hydrogen-bond acceptors (Lipinski definition) is 4. The summed E-state index contributed by atoms with van der Waals surface area (Å²) in [7, 11) is 0. The van der Waals surface area contributed by atoms with Crippen LogP contribution in [0.3, 0.4) is 0 Å². The maximum Gasteiger partial charge on any atom is 0.228 e. The van der Waals surface area contributed by atoms with E-state index in [1.165, 1.54) is 0 Å². The van der Waals surface area contributed by atoms with Crippen LogP contribution < -0.4 is 5.32 Å². The summed E-state index contributed by atoms with van der Waals surface area (Å²) in [6, 6.07) is 13.8. The third-order valence-corrected chi connectivity index (χ3v) is 3.08. The summed E-state index contributed by atoms with van der Waals surface area (Å²) in [6.07, 6.45) is 0.0658. The first kappa shape index (κ1) is 14.6. The summed E-state index contributed by atoms with van der Waals surface area (Å²) in [5.74, 6) is -0.163. The van der Waals surface area contributed by atoms with Crippen LogP contribution in [0.15, 0.2) is 53.7 Å². The van der Waals surface area contributed by atoms with Gasteiger partial charge in [0.1, 0.15) is 5.75 Å². The Hall–Kier alpha value is -2.82. The van der Waals surface area contributed by atoms with Crippen LogP contribution in [0.25, 0.3) is 0 Å². The zero-order chi connectivity index (χ0) is 15.2. The van der Waals surface area contributed by atoms with Gasteiger partial charge in [-0.1, -0.05) is 41.6 Å². The van der Waals surface area contributed by atoms with E-state index in [-0.39, 0.29) is 18.1 Å². The number of carbonyl (C=O) groups is 1. The fourth-order valence-electron chi connectivity index (χ4n) is 1.99. The van der Waals surface area contributed by atoms with E-state index in [2.05, 4.69) is 10.5 Å². The monoisotopic (exact) mass is 284 g/mol. The highest BCUT2D eigenvalue weighted by Gasteiger charge is 2.11. The third-order valence-electron chi connectivity index (χ3n) is 3.08. The van der Waals surface area contributed by atoms with Crippen molar-refractivity contribution in [3.8, 4) is 5.75 Å². The summed E-state index contributed by atoms with van der Waals surface area (Å²) in [5, 5.41) is 24.4. The molecule has 5 heteroatoms. The Bertz CT molecular complexity index is 681. The van der Waals surface area contributed by atoms with Crippen molar-refractivity contribution in [1.29, 1.82) is 0 Å². The molecule has 0 aromatic heterocycles. The summed E-state index contributed by atoms with van der Waals surface area (Å²) < 4.78 is 0. The number of para-hydroxylation sites is 2. The molecule has 0 aliphatic carbocycles. The van der Waals surface area contributed by atoms with E-state index in [1.54, 1.807) is 55.5 Å². The molecule has 2 aromatic rings. The molecule has 1 amide bonds. The van der Waals surface area contributed by atoms with Gasteiger partial charge in [0, 0.05) is 16.8 Å². The standard InChI is InChI=1S/C16H16N2O3/c1-11(18-21)13-7-3-4-8-14(13)17-16(20)10-12-6-2-5-9-15(12)19/h2-9,19,21H,10H2,1H3,(H,17,20)/b18-11-. The first-order chi connectivity index (χ1) is 10.1. The molecular weight excluding hydrogens is 268 g/mol. The van der Waals surface area contributed by atoms with Gasteiger partial charge in [-0.3, -0.25) is 4.79 Å². The minimum Gasteiger partial charge on any atom is -0.508 e. The van der Waals surface area contributed by atoms with Gasteiger partial charge in [0.05, 0.1) is 12.1 Å². The quantitative estimate of drug-likeness (QED) is 0.458. The van der Waals surface area contributed by atoms with Crippen molar-refractivity contribution in [3.05, 3.63) is 59.7 Å². The van der Waals surface area contributed by atoms with Gasteiger partial charge in [0.2, 0.25) is 5.91 Å². The fourth-order valence-corrected chi connectivity index (χ4v) is 1.99. The molecule has 0 aliphatic rings. The predicted octanol–water partition coefficient (Wildman–Crippen LogP) is 2.77. The van der Waals surface area contributed by atoms with Crippen molar-refractivity contribution in [2.24, 2.45) is 5.16 Å². The van der Waals surface area contributed by atoms with Crippen molar-refractivity contribution in [2.45, 2.75) is 13.3 Å². The number of nitrogens with zero attached hydrogens (tertiary/aromatic N) is 1. The minimum absolute atomic E-state index is 0.0658. The Morgan fingerprint density at radius 3 is 2.52 bits per heavy atom. The Balaban J connectivity index is 2.16. The number of rotatable bonds is 4. The maximum atomic E-state index is 12.1. The first-order valence-corrected chi connectivity index (χ1v) is 6.46. The van der Waals surface area contributed by atoms with Crippen LogP contribution in [-0.2, 0) is 11.2 Å². The van der Waals surface area contributed by atoms with Crippen LogP contribution in [0.4, 0.5) is 5.69 Å². The van der Waals surface area contributed by atoms with Crippen LogP contribution in [0, 0.1) is 0 Å². The number of anilines is 1. The van der Waals surface area contributed by atoms with Gasteiger partial charge in [-0.2, -0.15) is 0 Å². The molecule has 0 unspecified atom stereocenters. The summed E-state index contributed by atoms with van der Waals surface area (Å²) >= 11 is 0. The van der Waals surface area contributed by atoms with Gasteiger partial charge < -0.3 is 15.6 Å². The second-order valence-corrected chi connectivity index (χ2v) is 4.58. The van der Waals surface area contributed by atoms with Gasteiger partial charge in [0.15, 0.2) is 0 Å². The first-order valence-electron chi connectivity index (χ1n) is 6.46. The largest absolute Gasteiger partial charge is 0.508 e. The zero-order valence-electron chi connectivity index (χ0n) is 11.6. The van der Waals surface area contributed by atoms with Gasteiger partial charge in [-0.25, -0.2) is 0 Å². The van der Waals surface area contributed by atoms with Crippen LogP contribution in [-0.4, -0.2) is 21.9 Å². The highest BCUT2D eigenvalue weighted by Crippen LogP contribution is 2.19. The lowest BCUT2D eigenvalue weighted by atomic mass is 10.1. The molecule has 0 saturated heterocycles. The van der Waals surface area contributed by atoms with Gasteiger partial charge in [-0.15, -0.1) is 0 Å². The number of phenols is 1. The molecule has 0 radical (unpaired) electrons. The van der Waals surface area contributed by atoms with E-state index in [0.717, 1.165) is 0 Å². The highest BCUT2D eigenvalue weighted by atomic mass is 16.4.